The molecule has 2 aliphatic carbocycles. The molecule has 3 heteroatoms. The lowest BCUT2D eigenvalue weighted by Crippen LogP contribution is -2.45. The van der Waals surface area contributed by atoms with Gasteiger partial charge < -0.3 is 9.84 Å². The number of rotatable bonds is 1. The van der Waals surface area contributed by atoms with Crippen molar-refractivity contribution in [1.29, 1.82) is 0 Å². The fraction of sp³-hybridized carbons (Fsp3) is 0.647. The van der Waals surface area contributed by atoms with Crippen molar-refractivity contribution in [3.8, 4) is 5.75 Å². The van der Waals surface area contributed by atoms with E-state index >= 15 is 0 Å². The Balaban J connectivity index is 1.62. The molecule has 2 fully saturated rings. The van der Waals surface area contributed by atoms with Gasteiger partial charge in [-0.15, -0.1) is 0 Å². The molecule has 1 aliphatic heterocycles. The number of hydrogen-bond donors (Lipinski definition) is 1. The third-order valence-electron chi connectivity index (χ3n) is 5.35. The van der Waals surface area contributed by atoms with Crippen LogP contribution < -0.4 is 4.74 Å². The summed E-state index contributed by atoms with van der Waals surface area (Å²) in [5.41, 5.74) is 0.402. The van der Waals surface area contributed by atoms with Crippen LogP contribution >= 0.6 is 0 Å². The monoisotopic (exact) mass is 276 g/mol. The molecule has 1 heterocycles. The standard InChI is InChI=1S/C17H21FO2/c18-13-5-6-16-14(8-13)15(19)10-17(20-16)7-1-2-12(9-17)11-3-4-11/h5-6,8,11-12,15,19H,1-4,7,9-10H2. The molecule has 1 aromatic rings. The first-order valence-electron chi connectivity index (χ1n) is 7.82. The van der Waals surface area contributed by atoms with Crippen LogP contribution in [0.4, 0.5) is 4.39 Å². The van der Waals surface area contributed by atoms with E-state index in [4.69, 9.17) is 4.74 Å². The van der Waals surface area contributed by atoms with Crippen molar-refractivity contribution in [1.82, 2.24) is 0 Å². The lowest BCUT2D eigenvalue weighted by atomic mass is 9.72. The van der Waals surface area contributed by atoms with Gasteiger partial charge in [0, 0.05) is 12.0 Å². The van der Waals surface area contributed by atoms with E-state index in [1.165, 1.54) is 37.8 Å². The molecule has 2 saturated carbocycles. The number of aliphatic hydroxyl groups is 1. The number of halogens is 1. The summed E-state index contributed by atoms with van der Waals surface area (Å²) >= 11 is 0. The second-order valence-corrected chi connectivity index (χ2v) is 6.88. The van der Waals surface area contributed by atoms with Crippen LogP contribution in [-0.2, 0) is 0 Å². The molecule has 3 aliphatic rings. The molecule has 1 N–H and O–H groups in total. The van der Waals surface area contributed by atoms with E-state index in [-0.39, 0.29) is 11.4 Å². The van der Waals surface area contributed by atoms with E-state index in [0.717, 1.165) is 24.7 Å². The summed E-state index contributed by atoms with van der Waals surface area (Å²) in [6, 6.07) is 4.51. The van der Waals surface area contributed by atoms with Gasteiger partial charge in [0.2, 0.25) is 0 Å². The van der Waals surface area contributed by atoms with E-state index in [1.54, 1.807) is 6.07 Å². The highest BCUT2D eigenvalue weighted by Gasteiger charge is 2.47. The largest absolute Gasteiger partial charge is 0.487 e. The summed E-state index contributed by atoms with van der Waals surface area (Å²) in [4.78, 5) is 0. The lowest BCUT2D eigenvalue weighted by Gasteiger charge is -2.45. The Hall–Kier alpha value is -1.09. The van der Waals surface area contributed by atoms with Gasteiger partial charge in [-0.3, -0.25) is 0 Å². The van der Waals surface area contributed by atoms with E-state index in [0.29, 0.717) is 17.7 Å². The van der Waals surface area contributed by atoms with Crippen molar-refractivity contribution in [2.75, 3.05) is 0 Å². The molecule has 0 bridgehead atoms. The van der Waals surface area contributed by atoms with Crippen molar-refractivity contribution in [3.05, 3.63) is 29.6 Å². The minimum absolute atomic E-state index is 0.213. The maximum Gasteiger partial charge on any atom is 0.126 e. The maximum absolute atomic E-state index is 13.3. The molecule has 0 aromatic heterocycles. The highest BCUT2D eigenvalue weighted by atomic mass is 19.1. The highest BCUT2D eigenvalue weighted by molar-refractivity contribution is 5.38. The van der Waals surface area contributed by atoms with E-state index in [9.17, 15) is 9.50 Å². The Labute approximate surface area is 119 Å². The van der Waals surface area contributed by atoms with E-state index < -0.39 is 6.10 Å². The van der Waals surface area contributed by atoms with Gasteiger partial charge in [-0.2, -0.15) is 0 Å². The lowest BCUT2D eigenvalue weighted by molar-refractivity contribution is -0.0545. The SMILES string of the molecule is OC1CC2(CCCC(C3CC3)C2)Oc2ccc(F)cc21. The van der Waals surface area contributed by atoms with Gasteiger partial charge >= 0.3 is 0 Å². The molecule has 1 spiro atoms. The first kappa shape index (κ1) is 12.6. The third-order valence-corrected chi connectivity index (χ3v) is 5.35. The Bertz CT molecular complexity index is 526. The second-order valence-electron chi connectivity index (χ2n) is 6.88. The molecule has 0 amide bonds. The van der Waals surface area contributed by atoms with Gasteiger partial charge in [-0.25, -0.2) is 4.39 Å². The van der Waals surface area contributed by atoms with Gasteiger partial charge in [0.05, 0.1) is 6.10 Å². The first-order valence-corrected chi connectivity index (χ1v) is 7.82. The molecule has 3 unspecified atom stereocenters. The fourth-order valence-corrected chi connectivity index (χ4v) is 4.23. The summed E-state index contributed by atoms with van der Waals surface area (Å²) in [7, 11) is 0. The van der Waals surface area contributed by atoms with Crippen LogP contribution in [0, 0.1) is 17.7 Å². The minimum atomic E-state index is -0.590. The van der Waals surface area contributed by atoms with Gasteiger partial charge in [-0.05, 0) is 68.6 Å². The van der Waals surface area contributed by atoms with Crippen LogP contribution in [0.15, 0.2) is 18.2 Å². The number of aliphatic hydroxyl groups excluding tert-OH is 1. The molecular formula is C17H21FO2. The smallest absolute Gasteiger partial charge is 0.126 e. The summed E-state index contributed by atoms with van der Waals surface area (Å²) in [5, 5.41) is 10.4. The quantitative estimate of drug-likeness (QED) is 0.840. The zero-order valence-electron chi connectivity index (χ0n) is 11.6. The number of benzene rings is 1. The van der Waals surface area contributed by atoms with Crippen molar-refractivity contribution < 1.29 is 14.2 Å². The Kier molecular flexibility index (Phi) is 2.81. The average molecular weight is 276 g/mol. The zero-order valence-corrected chi connectivity index (χ0v) is 11.6. The first-order chi connectivity index (χ1) is 9.65. The molecular weight excluding hydrogens is 255 g/mol. The van der Waals surface area contributed by atoms with E-state index in [2.05, 4.69) is 0 Å². The van der Waals surface area contributed by atoms with Crippen LogP contribution in [0.25, 0.3) is 0 Å². The topological polar surface area (TPSA) is 29.5 Å². The van der Waals surface area contributed by atoms with Crippen molar-refractivity contribution >= 4 is 0 Å². The molecule has 0 radical (unpaired) electrons. The van der Waals surface area contributed by atoms with Crippen molar-refractivity contribution in [2.45, 2.75) is 56.7 Å². The predicted octanol–water partition coefficient (Wildman–Crippen LogP) is 3.98. The highest BCUT2D eigenvalue weighted by Crippen LogP contribution is 2.52. The van der Waals surface area contributed by atoms with Crippen LogP contribution in [0.1, 0.15) is 56.6 Å². The molecule has 0 saturated heterocycles. The Morgan fingerprint density at radius 2 is 2.00 bits per heavy atom. The Morgan fingerprint density at radius 1 is 1.15 bits per heavy atom. The van der Waals surface area contributed by atoms with Crippen LogP contribution in [0.2, 0.25) is 0 Å². The summed E-state index contributed by atoms with van der Waals surface area (Å²) in [6.07, 6.45) is 7.33. The predicted molar refractivity (Wildman–Crippen MR) is 74.0 cm³/mol. The summed E-state index contributed by atoms with van der Waals surface area (Å²) in [5.74, 6) is 2.03. The van der Waals surface area contributed by atoms with Crippen LogP contribution in [0.3, 0.4) is 0 Å². The van der Waals surface area contributed by atoms with Gasteiger partial charge in [-0.1, -0.05) is 0 Å². The van der Waals surface area contributed by atoms with Crippen LogP contribution in [-0.4, -0.2) is 10.7 Å². The molecule has 4 rings (SSSR count). The van der Waals surface area contributed by atoms with Gasteiger partial charge in [0.25, 0.3) is 0 Å². The van der Waals surface area contributed by atoms with Crippen LogP contribution in [0.5, 0.6) is 5.75 Å². The molecule has 1 aromatic carbocycles. The summed E-state index contributed by atoms with van der Waals surface area (Å²) < 4.78 is 19.6. The van der Waals surface area contributed by atoms with Gasteiger partial charge in [0.1, 0.15) is 17.2 Å². The number of hydrogen-bond acceptors (Lipinski definition) is 2. The minimum Gasteiger partial charge on any atom is -0.487 e. The van der Waals surface area contributed by atoms with E-state index in [1.807, 2.05) is 0 Å². The molecule has 108 valence electrons. The number of fused-ring (bicyclic) bond motifs is 1. The van der Waals surface area contributed by atoms with Crippen molar-refractivity contribution in [2.24, 2.45) is 11.8 Å². The Morgan fingerprint density at radius 3 is 2.80 bits per heavy atom. The number of ether oxygens (including phenoxy) is 1. The maximum atomic E-state index is 13.3. The average Bonchev–Trinajstić information content (AvgIpc) is 3.24. The molecule has 2 nitrogen and oxygen atoms in total. The molecule has 3 atom stereocenters. The zero-order chi connectivity index (χ0) is 13.7. The van der Waals surface area contributed by atoms with Crippen molar-refractivity contribution in [3.63, 3.8) is 0 Å². The summed E-state index contributed by atoms with van der Waals surface area (Å²) in [6.45, 7) is 0. The normalized spacial score (nSPS) is 36.5. The fourth-order valence-electron chi connectivity index (χ4n) is 4.23. The second kappa shape index (κ2) is 4.45. The molecule has 20 heavy (non-hydrogen) atoms. The van der Waals surface area contributed by atoms with Gasteiger partial charge in [0.15, 0.2) is 0 Å². The third kappa shape index (κ3) is 2.12.